The summed E-state index contributed by atoms with van der Waals surface area (Å²) < 4.78 is 5.89. The summed E-state index contributed by atoms with van der Waals surface area (Å²) in [4.78, 5) is 11.5. The maximum Gasteiger partial charge on any atom is 0.234 e. The van der Waals surface area contributed by atoms with Crippen LogP contribution in [0.5, 0.6) is 0 Å². The summed E-state index contributed by atoms with van der Waals surface area (Å²) in [6.45, 7) is 3.25. The van der Waals surface area contributed by atoms with E-state index in [0.717, 1.165) is 25.7 Å². The number of aliphatic hydroxyl groups excluding tert-OH is 1. The van der Waals surface area contributed by atoms with Gasteiger partial charge in [-0.05, 0) is 31.6 Å². The zero-order valence-electron chi connectivity index (χ0n) is 13.1. The molecule has 2 fully saturated rings. The molecule has 0 aromatic heterocycles. The zero-order valence-corrected chi connectivity index (χ0v) is 13.1. The van der Waals surface area contributed by atoms with Crippen LogP contribution in [-0.4, -0.2) is 49.0 Å². The highest BCUT2D eigenvalue weighted by Gasteiger charge is 2.25. The zero-order chi connectivity index (χ0) is 15.1. The molecule has 0 aromatic rings. The molecule has 0 saturated heterocycles. The maximum atomic E-state index is 11.5. The van der Waals surface area contributed by atoms with E-state index >= 15 is 0 Å². The highest BCUT2D eigenvalue weighted by Crippen LogP contribution is 2.29. The Morgan fingerprint density at radius 1 is 1.29 bits per heavy atom. The molecule has 21 heavy (non-hydrogen) atoms. The fourth-order valence-electron chi connectivity index (χ4n) is 3.01. The van der Waals surface area contributed by atoms with Gasteiger partial charge in [0.15, 0.2) is 0 Å². The quantitative estimate of drug-likeness (QED) is 0.598. The molecule has 0 spiro atoms. The molecular formula is C16H30N2O3. The molecule has 5 heteroatoms. The van der Waals surface area contributed by atoms with Crippen molar-refractivity contribution in [2.45, 2.75) is 70.1 Å². The number of carbonyl (C=O) groups is 1. The van der Waals surface area contributed by atoms with Gasteiger partial charge in [-0.1, -0.05) is 26.2 Å². The topological polar surface area (TPSA) is 70.6 Å². The van der Waals surface area contributed by atoms with Gasteiger partial charge in [-0.25, -0.2) is 0 Å². The Hall–Kier alpha value is -0.650. The average Bonchev–Trinajstić information content (AvgIpc) is 3.29. The minimum atomic E-state index is -0.543. The number of amides is 1. The van der Waals surface area contributed by atoms with E-state index in [1.165, 1.54) is 19.3 Å². The van der Waals surface area contributed by atoms with Crippen molar-refractivity contribution < 1.29 is 14.6 Å². The minimum absolute atomic E-state index is 0.0175. The van der Waals surface area contributed by atoms with Gasteiger partial charge in [0.1, 0.15) is 0 Å². The third kappa shape index (κ3) is 6.32. The molecule has 3 N–H and O–H groups in total. The third-order valence-corrected chi connectivity index (χ3v) is 4.47. The molecule has 5 nitrogen and oxygen atoms in total. The van der Waals surface area contributed by atoms with Gasteiger partial charge in [0.2, 0.25) is 5.91 Å². The monoisotopic (exact) mass is 298 g/mol. The second kappa shape index (κ2) is 8.71. The summed E-state index contributed by atoms with van der Waals surface area (Å²) in [5.41, 5.74) is 0. The smallest absolute Gasteiger partial charge is 0.234 e. The Labute approximate surface area is 127 Å². The summed E-state index contributed by atoms with van der Waals surface area (Å²) in [7, 11) is 0. The van der Waals surface area contributed by atoms with E-state index in [-0.39, 0.29) is 12.5 Å². The van der Waals surface area contributed by atoms with Gasteiger partial charge in [-0.15, -0.1) is 0 Å². The first kappa shape index (κ1) is 16.7. The Kier molecular flexibility index (Phi) is 6.93. The molecule has 2 aliphatic carbocycles. The highest BCUT2D eigenvalue weighted by atomic mass is 16.5. The molecule has 1 amide bonds. The molecule has 2 rings (SSSR count). The van der Waals surface area contributed by atoms with E-state index in [9.17, 15) is 9.90 Å². The van der Waals surface area contributed by atoms with Gasteiger partial charge in [0.05, 0.1) is 25.4 Å². The van der Waals surface area contributed by atoms with Crippen LogP contribution in [0.1, 0.15) is 51.9 Å². The van der Waals surface area contributed by atoms with Crippen molar-refractivity contribution in [3.63, 3.8) is 0 Å². The van der Waals surface area contributed by atoms with Crippen LogP contribution in [-0.2, 0) is 9.53 Å². The van der Waals surface area contributed by atoms with Crippen LogP contribution in [0.25, 0.3) is 0 Å². The van der Waals surface area contributed by atoms with Gasteiger partial charge in [0.25, 0.3) is 0 Å². The van der Waals surface area contributed by atoms with Gasteiger partial charge in [-0.3, -0.25) is 4.79 Å². The summed E-state index contributed by atoms with van der Waals surface area (Å²) in [5, 5.41) is 15.8. The third-order valence-electron chi connectivity index (χ3n) is 4.47. The summed E-state index contributed by atoms with van der Waals surface area (Å²) in [6, 6.07) is 0.393. The maximum absolute atomic E-state index is 11.5. The van der Waals surface area contributed by atoms with E-state index in [1.807, 2.05) is 0 Å². The fraction of sp³-hybridized carbons (Fsp3) is 0.938. The molecule has 0 radical (unpaired) electrons. The minimum Gasteiger partial charge on any atom is -0.389 e. The second-order valence-corrected chi connectivity index (χ2v) is 6.45. The number of nitrogens with one attached hydrogen (secondary N) is 2. The van der Waals surface area contributed by atoms with Crippen LogP contribution in [0.2, 0.25) is 0 Å². The van der Waals surface area contributed by atoms with Crippen LogP contribution < -0.4 is 10.6 Å². The fourth-order valence-corrected chi connectivity index (χ4v) is 3.01. The predicted octanol–water partition coefficient (Wildman–Crippen LogP) is 1.20. The SMILES string of the molecule is CCC1CCCCC1OCC(O)CNCC(=O)NC1CC1. The van der Waals surface area contributed by atoms with Crippen molar-refractivity contribution >= 4 is 5.91 Å². The molecule has 2 saturated carbocycles. The van der Waals surface area contributed by atoms with Crippen molar-refractivity contribution in [3.05, 3.63) is 0 Å². The van der Waals surface area contributed by atoms with Crippen LogP contribution in [0, 0.1) is 5.92 Å². The van der Waals surface area contributed by atoms with Crippen LogP contribution in [0.3, 0.4) is 0 Å². The van der Waals surface area contributed by atoms with Crippen molar-refractivity contribution in [1.29, 1.82) is 0 Å². The van der Waals surface area contributed by atoms with Crippen LogP contribution >= 0.6 is 0 Å². The molecule has 0 aliphatic heterocycles. The van der Waals surface area contributed by atoms with E-state index in [4.69, 9.17) is 4.74 Å². The number of aliphatic hydroxyl groups is 1. The Morgan fingerprint density at radius 3 is 2.76 bits per heavy atom. The van der Waals surface area contributed by atoms with E-state index < -0.39 is 6.10 Å². The molecule has 0 aromatic carbocycles. The first-order valence-corrected chi connectivity index (χ1v) is 8.48. The van der Waals surface area contributed by atoms with Crippen LogP contribution in [0.15, 0.2) is 0 Å². The molecule has 3 unspecified atom stereocenters. The normalized spacial score (nSPS) is 27.3. The summed E-state index contributed by atoms with van der Waals surface area (Å²) >= 11 is 0. The van der Waals surface area contributed by atoms with Gasteiger partial charge >= 0.3 is 0 Å². The largest absolute Gasteiger partial charge is 0.389 e. The molecule has 0 bridgehead atoms. The Bertz CT molecular complexity index is 321. The lowest BCUT2D eigenvalue weighted by atomic mass is 9.85. The molecule has 122 valence electrons. The van der Waals surface area contributed by atoms with Gasteiger partial charge < -0.3 is 20.5 Å². The van der Waals surface area contributed by atoms with E-state index in [2.05, 4.69) is 17.6 Å². The van der Waals surface area contributed by atoms with Crippen LogP contribution in [0.4, 0.5) is 0 Å². The van der Waals surface area contributed by atoms with Crippen molar-refractivity contribution in [2.24, 2.45) is 5.92 Å². The second-order valence-electron chi connectivity index (χ2n) is 6.45. The van der Waals surface area contributed by atoms with Gasteiger partial charge in [0, 0.05) is 12.6 Å². The number of carbonyl (C=O) groups excluding carboxylic acids is 1. The number of hydrogen-bond donors (Lipinski definition) is 3. The van der Waals surface area contributed by atoms with E-state index in [1.54, 1.807) is 0 Å². The van der Waals surface area contributed by atoms with Crippen molar-refractivity contribution in [3.8, 4) is 0 Å². The standard InChI is InChI=1S/C16H30N2O3/c1-2-12-5-3-4-6-15(12)21-11-14(19)9-17-10-16(20)18-13-7-8-13/h12-15,17,19H,2-11H2,1H3,(H,18,20). The van der Waals surface area contributed by atoms with Crippen molar-refractivity contribution in [2.75, 3.05) is 19.7 Å². The van der Waals surface area contributed by atoms with Gasteiger partial charge in [-0.2, -0.15) is 0 Å². The first-order chi connectivity index (χ1) is 10.2. The summed E-state index contributed by atoms with van der Waals surface area (Å²) in [6.07, 6.45) is 8.01. The predicted molar refractivity (Wildman–Crippen MR) is 82.0 cm³/mol. The number of rotatable bonds is 9. The lowest BCUT2D eigenvalue weighted by molar-refractivity contribution is -0.120. The lowest BCUT2D eigenvalue weighted by Crippen LogP contribution is -2.40. The Balaban J connectivity index is 1.53. The average molecular weight is 298 g/mol. The molecule has 0 heterocycles. The molecule has 3 atom stereocenters. The van der Waals surface area contributed by atoms with Crippen molar-refractivity contribution in [1.82, 2.24) is 10.6 Å². The molecule has 2 aliphatic rings. The lowest BCUT2D eigenvalue weighted by Gasteiger charge is -2.31. The van der Waals surface area contributed by atoms with E-state index in [0.29, 0.717) is 31.2 Å². The first-order valence-electron chi connectivity index (χ1n) is 8.48. The summed E-state index contributed by atoms with van der Waals surface area (Å²) in [5.74, 6) is 0.659. The number of hydrogen-bond acceptors (Lipinski definition) is 4. The number of ether oxygens (including phenoxy) is 1. The Morgan fingerprint density at radius 2 is 2.05 bits per heavy atom. The highest BCUT2D eigenvalue weighted by molar-refractivity contribution is 5.78. The molecular weight excluding hydrogens is 268 g/mol.